The van der Waals surface area contributed by atoms with Crippen LogP contribution in [0.2, 0.25) is 0 Å². The van der Waals surface area contributed by atoms with E-state index in [4.69, 9.17) is 20.4 Å². The molecule has 0 radical (unpaired) electrons. The molecular formula is C27H29N5OS. The number of nitrogens with two attached hydrogens (primary N) is 1. The standard InChI is InChI=1S/C27H29N5OS/c1-27(28,20-6-4-3-5-7-20)26-30-17-14-22(31-26)24-23(18-8-10-21(33-2)11-9-18)32-25(34-24)19-12-15-29-16-13-19/h3-11,14,17,19,29H,12-13,15-16,28H2,1-2H3/t27-/m0/s1. The predicted octanol–water partition coefficient (Wildman–Crippen LogP) is 4.96. The van der Waals surface area contributed by atoms with Crippen molar-refractivity contribution in [1.29, 1.82) is 0 Å². The normalized spacial score (nSPS) is 16.2. The number of methoxy groups -OCH3 is 1. The smallest absolute Gasteiger partial charge is 0.153 e. The summed E-state index contributed by atoms with van der Waals surface area (Å²) in [5.41, 5.74) is 9.76. The zero-order chi connectivity index (χ0) is 23.5. The number of nitrogens with one attached hydrogen (secondary N) is 1. The van der Waals surface area contributed by atoms with E-state index < -0.39 is 5.54 Å². The van der Waals surface area contributed by atoms with E-state index >= 15 is 0 Å². The van der Waals surface area contributed by atoms with Crippen LogP contribution in [0.3, 0.4) is 0 Å². The van der Waals surface area contributed by atoms with Crippen LogP contribution in [0.5, 0.6) is 5.75 Å². The molecule has 4 aromatic rings. The molecule has 1 fully saturated rings. The van der Waals surface area contributed by atoms with Crippen LogP contribution in [0.25, 0.3) is 21.8 Å². The van der Waals surface area contributed by atoms with Crippen LogP contribution in [0.1, 0.15) is 42.1 Å². The van der Waals surface area contributed by atoms with Gasteiger partial charge in [-0.15, -0.1) is 11.3 Å². The molecule has 1 saturated heterocycles. The molecule has 0 spiro atoms. The first-order valence-electron chi connectivity index (χ1n) is 11.6. The Morgan fingerprint density at radius 3 is 2.44 bits per heavy atom. The second-order valence-electron chi connectivity index (χ2n) is 8.82. The molecule has 2 aromatic carbocycles. The summed E-state index contributed by atoms with van der Waals surface area (Å²) in [6, 6.07) is 20.0. The Kier molecular flexibility index (Phi) is 6.41. The molecule has 34 heavy (non-hydrogen) atoms. The lowest BCUT2D eigenvalue weighted by molar-refractivity contribution is 0.415. The number of nitrogens with zero attached hydrogens (tertiary/aromatic N) is 3. The molecule has 1 aliphatic rings. The third-order valence-electron chi connectivity index (χ3n) is 6.42. The molecule has 0 unspecified atom stereocenters. The molecule has 0 amide bonds. The van der Waals surface area contributed by atoms with Crippen LogP contribution in [0.15, 0.2) is 66.9 Å². The van der Waals surface area contributed by atoms with Crippen LogP contribution in [0.4, 0.5) is 0 Å². The Hall–Kier alpha value is -3.13. The van der Waals surface area contributed by atoms with Gasteiger partial charge < -0.3 is 15.8 Å². The lowest BCUT2D eigenvalue weighted by Gasteiger charge is -2.23. The van der Waals surface area contributed by atoms with Crippen molar-refractivity contribution >= 4 is 11.3 Å². The van der Waals surface area contributed by atoms with Gasteiger partial charge in [-0.05, 0) is 68.8 Å². The maximum absolute atomic E-state index is 6.75. The average Bonchev–Trinajstić information content (AvgIpc) is 3.35. The fourth-order valence-corrected chi connectivity index (χ4v) is 5.57. The molecule has 0 saturated carbocycles. The fourth-order valence-electron chi connectivity index (χ4n) is 4.35. The topological polar surface area (TPSA) is 86.0 Å². The van der Waals surface area contributed by atoms with Gasteiger partial charge in [-0.3, -0.25) is 0 Å². The second kappa shape index (κ2) is 9.62. The first kappa shape index (κ1) is 22.7. The molecule has 3 heterocycles. The highest BCUT2D eigenvalue weighted by Crippen LogP contribution is 2.41. The number of piperidine rings is 1. The van der Waals surface area contributed by atoms with Gasteiger partial charge in [-0.25, -0.2) is 15.0 Å². The molecule has 7 heteroatoms. The van der Waals surface area contributed by atoms with E-state index in [2.05, 4.69) is 22.4 Å². The Bertz CT molecular complexity index is 1250. The molecule has 0 aliphatic carbocycles. The molecule has 0 bridgehead atoms. The molecule has 2 aromatic heterocycles. The van der Waals surface area contributed by atoms with Crippen LogP contribution in [-0.2, 0) is 5.54 Å². The third kappa shape index (κ3) is 4.46. The number of benzene rings is 2. The lowest BCUT2D eigenvalue weighted by Crippen LogP contribution is -2.36. The van der Waals surface area contributed by atoms with E-state index in [1.807, 2.05) is 55.5 Å². The van der Waals surface area contributed by atoms with E-state index in [1.54, 1.807) is 24.6 Å². The van der Waals surface area contributed by atoms with Gasteiger partial charge in [0.05, 0.1) is 33.9 Å². The summed E-state index contributed by atoms with van der Waals surface area (Å²) in [4.78, 5) is 15.7. The number of hydrogen-bond donors (Lipinski definition) is 2. The van der Waals surface area contributed by atoms with Gasteiger partial charge in [0.2, 0.25) is 0 Å². The van der Waals surface area contributed by atoms with Crippen molar-refractivity contribution in [2.45, 2.75) is 31.2 Å². The minimum absolute atomic E-state index is 0.461. The average molecular weight is 472 g/mol. The lowest BCUT2D eigenvalue weighted by atomic mass is 9.92. The molecule has 5 rings (SSSR count). The number of rotatable bonds is 6. The number of ether oxygens (including phenoxy) is 1. The van der Waals surface area contributed by atoms with Crippen LogP contribution >= 0.6 is 11.3 Å². The Labute approximate surface area is 204 Å². The zero-order valence-electron chi connectivity index (χ0n) is 19.5. The first-order valence-corrected chi connectivity index (χ1v) is 12.4. The van der Waals surface area contributed by atoms with Gasteiger partial charge in [-0.2, -0.15) is 0 Å². The fraction of sp³-hybridized carbons (Fsp3) is 0.296. The Morgan fingerprint density at radius 1 is 1.00 bits per heavy atom. The SMILES string of the molecule is COc1ccc(-c2nc(C3CCNCC3)sc2-c2ccnc([C@@](C)(N)c3ccccc3)n2)cc1. The van der Waals surface area contributed by atoms with E-state index in [9.17, 15) is 0 Å². The third-order valence-corrected chi connectivity index (χ3v) is 7.66. The van der Waals surface area contributed by atoms with Gasteiger partial charge in [0.1, 0.15) is 5.75 Å². The number of hydrogen-bond acceptors (Lipinski definition) is 7. The quantitative estimate of drug-likeness (QED) is 0.413. The summed E-state index contributed by atoms with van der Waals surface area (Å²) in [5, 5.41) is 4.62. The largest absolute Gasteiger partial charge is 0.497 e. The predicted molar refractivity (Wildman–Crippen MR) is 137 cm³/mol. The van der Waals surface area contributed by atoms with Crippen LogP contribution in [-0.4, -0.2) is 35.2 Å². The minimum Gasteiger partial charge on any atom is -0.497 e. The van der Waals surface area contributed by atoms with Gasteiger partial charge >= 0.3 is 0 Å². The highest BCUT2D eigenvalue weighted by Gasteiger charge is 2.29. The Morgan fingerprint density at radius 2 is 1.74 bits per heavy atom. The van der Waals surface area contributed by atoms with E-state index in [-0.39, 0.29) is 0 Å². The monoisotopic (exact) mass is 471 g/mol. The maximum atomic E-state index is 6.75. The van der Waals surface area contributed by atoms with Crippen molar-refractivity contribution in [3.05, 3.63) is 83.3 Å². The van der Waals surface area contributed by atoms with E-state index in [0.29, 0.717) is 11.7 Å². The summed E-state index contributed by atoms with van der Waals surface area (Å²) in [6.07, 6.45) is 3.99. The van der Waals surface area contributed by atoms with Crippen molar-refractivity contribution in [3.63, 3.8) is 0 Å². The van der Waals surface area contributed by atoms with Crippen molar-refractivity contribution in [3.8, 4) is 27.6 Å². The minimum atomic E-state index is -0.805. The summed E-state index contributed by atoms with van der Waals surface area (Å²) in [7, 11) is 1.68. The van der Waals surface area contributed by atoms with Gasteiger partial charge in [-0.1, -0.05) is 30.3 Å². The highest BCUT2D eigenvalue weighted by molar-refractivity contribution is 7.15. The summed E-state index contributed by atoms with van der Waals surface area (Å²) in [5.74, 6) is 1.88. The van der Waals surface area contributed by atoms with Gasteiger partial charge in [0, 0.05) is 17.7 Å². The van der Waals surface area contributed by atoms with E-state index in [0.717, 1.165) is 59.1 Å². The maximum Gasteiger partial charge on any atom is 0.153 e. The second-order valence-corrected chi connectivity index (χ2v) is 9.85. The zero-order valence-corrected chi connectivity index (χ0v) is 20.3. The van der Waals surface area contributed by atoms with Gasteiger partial charge in [0.25, 0.3) is 0 Å². The molecule has 1 atom stereocenters. The highest BCUT2D eigenvalue weighted by atomic mass is 32.1. The Balaban J connectivity index is 1.59. The van der Waals surface area contributed by atoms with Crippen molar-refractivity contribution in [1.82, 2.24) is 20.3 Å². The first-order chi connectivity index (χ1) is 16.6. The summed E-state index contributed by atoms with van der Waals surface area (Å²) < 4.78 is 5.36. The van der Waals surface area contributed by atoms with Crippen molar-refractivity contribution in [2.24, 2.45) is 5.73 Å². The molecular weight excluding hydrogens is 442 g/mol. The van der Waals surface area contributed by atoms with Gasteiger partial charge in [0.15, 0.2) is 5.82 Å². The molecule has 174 valence electrons. The number of aromatic nitrogens is 3. The summed E-state index contributed by atoms with van der Waals surface area (Å²) >= 11 is 1.74. The molecule has 1 aliphatic heterocycles. The number of thiazole rings is 1. The van der Waals surface area contributed by atoms with Crippen LogP contribution in [0, 0.1) is 0 Å². The van der Waals surface area contributed by atoms with Crippen LogP contribution < -0.4 is 15.8 Å². The van der Waals surface area contributed by atoms with Crippen molar-refractivity contribution in [2.75, 3.05) is 20.2 Å². The summed E-state index contributed by atoms with van der Waals surface area (Å²) in [6.45, 7) is 4.01. The molecule has 6 nitrogen and oxygen atoms in total. The molecule has 3 N–H and O–H groups in total. The van der Waals surface area contributed by atoms with Crippen molar-refractivity contribution < 1.29 is 4.74 Å². The van der Waals surface area contributed by atoms with E-state index in [1.165, 1.54) is 5.01 Å².